The van der Waals surface area contributed by atoms with Crippen molar-refractivity contribution in [3.63, 3.8) is 0 Å². The van der Waals surface area contributed by atoms with Gasteiger partial charge in [0.15, 0.2) is 0 Å². The van der Waals surface area contributed by atoms with Crippen molar-refractivity contribution in [3.05, 3.63) is 0 Å². The largest absolute Gasteiger partial charge is 1.00 e. The van der Waals surface area contributed by atoms with E-state index >= 15 is 0 Å². The fourth-order valence-corrected chi connectivity index (χ4v) is 0.118. The quantitative estimate of drug-likeness (QED) is 0.338. The molecule has 4 N–H and O–H groups in total. The molecule has 0 fully saturated rings. The van der Waals surface area contributed by atoms with Crippen molar-refractivity contribution in [1.82, 2.24) is 0 Å². The van der Waals surface area contributed by atoms with Crippen molar-refractivity contribution in [2.45, 2.75) is 6.42 Å². The van der Waals surface area contributed by atoms with E-state index in [2.05, 4.69) is 0 Å². The minimum Gasteiger partial charge on any atom is -1.00 e. The Balaban J connectivity index is -0.0000000800. The number of hydrogen-bond acceptors (Lipinski definition) is 2. The van der Waals surface area contributed by atoms with Gasteiger partial charge in [-0.25, -0.2) is 0 Å². The van der Waals surface area contributed by atoms with Gasteiger partial charge in [-0.3, -0.25) is 0 Å². The number of nitrogens with two attached hydrogens (primary N) is 2. The van der Waals surface area contributed by atoms with Gasteiger partial charge in [-0.15, -0.1) is 0 Å². The summed E-state index contributed by atoms with van der Waals surface area (Å²) in [5, 5.41) is 0. The third-order valence-electron chi connectivity index (χ3n) is 0.408. The maximum atomic E-state index is 5.06. The van der Waals surface area contributed by atoms with Crippen molar-refractivity contribution < 1.29 is 20.3 Å². The maximum Gasteiger partial charge on any atom is 1.00 e. The first-order valence-corrected chi connectivity index (χ1v) is 1.82. The summed E-state index contributed by atoms with van der Waals surface area (Å²) in [5.74, 6) is 0. The molecule has 0 radical (unpaired) electrons. The van der Waals surface area contributed by atoms with E-state index in [4.69, 9.17) is 11.5 Å². The van der Waals surface area contributed by atoms with E-state index in [0.29, 0.717) is 0 Å². The second kappa shape index (κ2) is 9.10. The normalized spacial score (nSPS) is 7.00. The molecule has 0 spiro atoms. The molecule has 0 aliphatic rings. The second-order valence-electron chi connectivity index (χ2n) is 0.931. The third kappa shape index (κ3) is 8.82. The molecule has 0 rings (SSSR count). The molecule has 0 aliphatic heterocycles. The van der Waals surface area contributed by atoms with E-state index in [0.717, 1.165) is 19.5 Å². The summed E-state index contributed by atoms with van der Waals surface area (Å²) in [6, 6.07) is 0. The molecule has 0 heterocycles. The molecule has 0 amide bonds. The van der Waals surface area contributed by atoms with E-state index in [1.165, 1.54) is 0 Å². The molecule has 0 bridgehead atoms. The van der Waals surface area contributed by atoms with Gasteiger partial charge in [0, 0.05) is 0 Å². The molecule has 0 atom stereocenters. The first kappa shape index (κ1) is 9.72. The standard InChI is InChI=1S/C3H10N2.Li.H/c4-2-1-3-5;;/h1-5H2;;/q;+1;-1. The monoisotopic (exact) mass is 82.1 g/mol. The van der Waals surface area contributed by atoms with E-state index in [-0.39, 0.29) is 20.3 Å². The van der Waals surface area contributed by atoms with Gasteiger partial charge in [0.2, 0.25) is 0 Å². The van der Waals surface area contributed by atoms with Gasteiger partial charge < -0.3 is 12.9 Å². The van der Waals surface area contributed by atoms with Gasteiger partial charge in [0.1, 0.15) is 0 Å². The van der Waals surface area contributed by atoms with Crippen LogP contribution >= 0.6 is 0 Å². The average Bonchev–Trinajstić information content (AvgIpc) is 1.41. The first-order valence-electron chi connectivity index (χ1n) is 1.82. The van der Waals surface area contributed by atoms with Crippen molar-refractivity contribution in [1.29, 1.82) is 0 Å². The topological polar surface area (TPSA) is 52.0 Å². The minimum absolute atomic E-state index is 0. The van der Waals surface area contributed by atoms with Crippen LogP contribution in [0.1, 0.15) is 7.85 Å². The van der Waals surface area contributed by atoms with Crippen molar-refractivity contribution in [3.8, 4) is 0 Å². The minimum atomic E-state index is 0. The zero-order valence-corrected chi connectivity index (χ0v) is 4.28. The van der Waals surface area contributed by atoms with Crippen LogP contribution in [0.15, 0.2) is 0 Å². The predicted octanol–water partition coefficient (Wildman–Crippen LogP) is -3.59. The van der Waals surface area contributed by atoms with Crippen molar-refractivity contribution in [2.24, 2.45) is 11.5 Å². The molecule has 0 unspecified atom stereocenters. The molecule has 0 saturated heterocycles. The molecule has 34 valence electrons. The van der Waals surface area contributed by atoms with E-state index in [1.807, 2.05) is 0 Å². The Kier molecular flexibility index (Phi) is 14.7. The van der Waals surface area contributed by atoms with Gasteiger partial charge in [-0.1, -0.05) is 0 Å². The molecule has 6 heavy (non-hydrogen) atoms. The van der Waals surface area contributed by atoms with Gasteiger partial charge >= 0.3 is 18.9 Å². The van der Waals surface area contributed by atoms with Crippen molar-refractivity contribution >= 4 is 0 Å². The number of hydrogen-bond donors (Lipinski definition) is 2. The summed E-state index contributed by atoms with van der Waals surface area (Å²) < 4.78 is 0. The fraction of sp³-hybridized carbons (Fsp3) is 1.00. The first-order chi connectivity index (χ1) is 2.41. The van der Waals surface area contributed by atoms with Gasteiger partial charge in [-0.2, -0.15) is 0 Å². The van der Waals surface area contributed by atoms with Crippen LogP contribution in [0, 0.1) is 0 Å². The van der Waals surface area contributed by atoms with Crippen LogP contribution in [-0.2, 0) is 0 Å². The zero-order valence-electron chi connectivity index (χ0n) is 5.28. The van der Waals surface area contributed by atoms with Crippen LogP contribution < -0.4 is 30.3 Å². The summed E-state index contributed by atoms with van der Waals surface area (Å²) >= 11 is 0. The summed E-state index contributed by atoms with van der Waals surface area (Å²) in [4.78, 5) is 0. The van der Waals surface area contributed by atoms with Crippen LogP contribution in [-0.4, -0.2) is 13.1 Å². The Morgan fingerprint density at radius 2 is 1.50 bits per heavy atom. The molecule has 2 nitrogen and oxygen atoms in total. The summed E-state index contributed by atoms with van der Waals surface area (Å²) in [6.07, 6.45) is 0.944. The molecular weight excluding hydrogens is 71.0 g/mol. The Bertz CT molecular complexity index is 20.4. The average molecular weight is 82.1 g/mol. The molecule has 0 aromatic rings. The molecule has 0 aliphatic carbocycles. The number of rotatable bonds is 2. The van der Waals surface area contributed by atoms with Gasteiger partial charge in [0.25, 0.3) is 0 Å². The third-order valence-corrected chi connectivity index (χ3v) is 0.408. The second-order valence-corrected chi connectivity index (χ2v) is 0.931. The SMILES string of the molecule is NCCCN.[H-].[Li+]. The van der Waals surface area contributed by atoms with Crippen LogP contribution in [0.2, 0.25) is 0 Å². The van der Waals surface area contributed by atoms with Crippen LogP contribution in [0.4, 0.5) is 0 Å². The Morgan fingerprint density at radius 1 is 1.17 bits per heavy atom. The summed E-state index contributed by atoms with van der Waals surface area (Å²) in [7, 11) is 0. The predicted molar refractivity (Wildman–Crippen MR) is 23.8 cm³/mol. The molecule has 3 heteroatoms. The van der Waals surface area contributed by atoms with Gasteiger partial charge in [-0.05, 0) is 19.5 Å². The van der Waals surface area contributed by atoms with E-state index in [9.17, 15) is 0 Å². The Labute approximate surface area is 51.9 Å². The molecule has 0 saturated carbocycles. The molecular formula is C3H11LiN2. The van der Waals surface area contributed by atoms with Crippen molar-refractivity contribution in [2.75, 3.05) is 13.1 Å². The Hall–Kier alpha value is 0.517. The van der Waals surface area contributed by atoms with Crippen LogP contribution in [0.3, 0.4) is 0 Å². The van der Waals surface area contributed by atoms with E-state index < -0.39 is 0 Å². The summed E-state index contributed by atoms with van der Waals surface area (Å²) in [5.41, 5.74) is 10.1. The fourth-order valence-electron chi connectivity index (χ4n) is 0.118. The smallest absolute Gasteiger partial charge is 1.00 e. The zero-order chi connectivity index (χ0) is 4.12. The summed E-state index contributed by atoms with van der Waals surface area (Å²) in [6.45, 7) is 1.44. The van der Waals surface area contributed by atoms with Crippen LogP contribution in [0.5, 0.6) is 0 Å². The molecule has 0 aromatic heterocycles. The maximum absolute atomic E-state index is 5.06. The van der Waals surface area contributed by atoms with Gasteiger partial charge in [0.05, 0.1) is 0 Å². The molecule has 0 aromatic carbocycles. The Morgan fingerprint density at radius 3 is 1.50 bits per heavy atom. The van der Waals surface area contributed by atoms with E-state index in [1.54, 1.807) is 0 Å². The van der Waals surface area contributed by atoms with Crippen LogP contribution in [0.25, 0.3) is 0 Å².